The van der Waals surface area contributed by atoms with Gasteiger partial charge in [0.05, 0.1) is 12.2 Å². The molecule has 8 heteroatoms. The highest BCUT2D eigenvalue weighted by molar-refractivity contribution is 5.78. The minimum atomic E-state index is 0.118. The van der Waals surface area contributed by atoms with Crippen LogP contribution in [-0.2, 0) is 22.6 Å². The quantitative estimate of drug-likeness (QED) is 0.804. The van der Waals surface area contributed by atoms with Crippen molar-refractivity contribution < 1.29 is 9.59 Å². The van der Waals surface area contributed by atoms with Crippen molar-refractivity contribution >= 4 is 17.6 Å². The number of nitrogens with zero attached hydrogens (tertiary/aromatic N) is 5. The zero-order valence-corrected chi connectivity index (χ0v) is 18.5. The number of carbonyl (C=O) groups excluding carboxylic acids is 2. The van der Waals surface area contributed by atoms with Crippen LogP contribution in [0.3, 0.4) is 0 Å². The van der Waals surface area contributed by atoms with Gasteiger partial charge in [-0.05, 0) is 25.2 Å². The number of rotatable bonds is 4. The van der Waals surface area contributed by atoms with Crippen LogP contribution < -0.4 is 5.32 Å². The average molecular weight is 415 g/mol. The molecule has 2 amide bonds. The molecular weight excluding hydrogens is 380 g/mol. The molecule has 0 aliphatic carbocycles. The van der Waals surface area contributed by atoms with Gasteiger partial charge in [0.25, 0.3) is 0 Å². The van der Waals surface area contributed by atoms with Gasteiger partial charge >= 0.3 is 0 Å². The number of nitrogens with one attached hydrogen (secondary N) is 1. The maximum atomic E-state index is 12.8. The molecule has 0 unspecified atom stereocenters. The van der Waals surface area contributed by atoms with E-state index in [1.807, 2.05) is 16.8 Å². The summed E-state index contributed by atoms with van der Waals surface area (Å²) in [4.78, 5) is 40.3. The van der Waals surface area contributed by atoms with E-state index >= 15 is 0 Å². The highest BCUT2D eigenvalue weighted by Gasteiger charge is 2.31. The van der Waals surface area contributed by atoms with Crippen LogP contribution >= 0.6 is 0 Å². The first kappa shape index (κ1) is 21.0. The molecule has 1 N–H and O–H groups in total. The van der Waals surface area contributed by atoms with Gasteiger partial charge in [-0.3, -0.25) is 14.5 Å². The Hall–Kier alpha value is -2.22. The molecule has 4 heterocycles. The molecule has 0 saturated carbocycles. The van der Waals surface area contributed by atoms with Crippen molar-refractivity contribution in [1.82, 2.24) is 24.7 Å². The molecule has 0 radical (unpaired) electrons. The van der Waals surface area contributed by atoms with E-state index in [2.05, 4.69) is 17.1 Å². The maximum Gasteiger partial charge on any atom is 0.236 e. The van der Waals surface area contributed by atoms with Gasteiger partial charge in [0, 0.05) is 71.1 Å². The van der Waals surface area contributed by atoms with Crippen LogP contribution in [0.4, 0.5) is 5.82 Å². The van der Waals surface area contributed by atoms with E-state index in [-0.39, 0.29) is 17.7 Å². The summed E-state index contributed by atoms with van der Waals surface area (Å²) in [5.74, 6) is 2.99. The predicted molar refractivity (Wildman–Crippen MR) is 115 cm³/mol. The zero-order chi connectivity index (χ0) is 21.3. The number of hydrogen-bond donors (Lipinski definition) is 1. The molecule has 3 aliphatic rings. The molecule has 0 aromatic carbocycles. The molecule has 2 fully saturated rings. The van der Waals surface area contributed by atoms with E-state index < -0.39 is 0 Å². The fraction of sp³-hybridized carbons (Fsp3) is 0.727. The van der Waals surface area contributed by atoms with Crippen LogP contribution in [0.1, 0.15) is 56.1 Å². The second-order valence-corrected chi connectivity index (χ2v) is 9.08. The third-order valence-corrected chi connectivity index (χ3v) is 6.89. The molecule has 2 saturated heterocycles. The van der Waals surface area contributed by atoms with Crippen molar-refractivity contribution in [2.75, 3.05) is 51.6 Å². The standard InChI is InChI=1S/C22H34N6O2/c1-15-4-9-27(10-5-15)20(30)14-26-8-7-19-18(13-26)22(23-3)25-21(24-19)17-6-11-28(12-17)16(2)29/h15,17H,4-14H2,1-3H3,(H,23,24,25)/t17-/m1/s1. The topological polar surface area (TPSA) is 81.7 Å². The number of amides is 2. The summed E-state index contributed by atoms with van der Waals surface area (Å²) in [5, 5.41) is 3.24. The molecule has 1 aromatic heterocycles. The number of hydrogen-bond acceptors (Lipinski definition) is 6. The second kappa shape index (κ2) is 8.88. The molecule has 3 aliphatic heterocycles. The lowest BCUT2D eigenvalue weighted by Crippen LogP contribution is -2.45. The SMILES string of the molecule is CNc1nc([C@@H]2CCN(C(C)=O)C2)nc2c1CN(CC(=O)N1CCC(C)CC1)CC2. The minimum absolute atomic E-state index is 0.118. The highest BCUT2D eigenvalue weighted by atomic mass is 16.2. The Bertz CT molecular complexity index is 788. The first-order chi connectivity index (χ1) is 14.4. The van der Waals surface area contributed by atoms with Crippen LogP contribution in [0.2, 0.25) is 0 Å². The molecule has 8 nitrogen and oxygen atoms in total. The first-order valence-electron chi connectivity index (χ1n) is 11.3. The number of anilines is 1. The minimum Gasteiger partial charge on any atom is -0.373 e. The van der Waals surface area contributed by atoms with Gasteiger partial charge in [-0.15, -0.1) is 0 Å². The number of likely N-dealkylation sites (tertiary alicyclic amines) is 2. The van der Waals surface area contributed by atoms with E-state index in [0.717, 1.165) is 80.7 Å². The lowest BCUT2D eigenvalue weighted by molar-refractivity contribution is -0.134. The molecule has 164 valence electrons. The molecule has 0 bridgehead atoms. The van der Waals surface area contributed by atoms with E-state index in [4.69, 9.17) is 9.97 Å². The van der Waals surface area contributed by atoms with Crippen molar-refractivity contribution in [3.63, 3.8) is 0 Å². The summed E-state index contributed by atoms with van der Waals surface area (Å²) in [6, 6.07) is 0. The van der Waals surface area contributed by atoms with E-state index in [0.29, 0.717) is 19.6 Å². The van der Waals surface area contributed by atoms with Crippen LogP contribution in [0, 0.1) is 5.92 Å². The number of piperidine rings is 1. The van der Waals surface area contributed by atoms with Crippen molar-refractivity contribution in [1.29, 1.82) is 0 Å². The van der Waals surface area contributed by atoms with E-state index in [9.17, 15) is 9.59 Å². The zero-order valence-electron chi connectivity index (χ0n) is 18.5. The van der Waals surface area contributed by atoms with Crippen molar-refractivity contribution in [2.24, 2.45) is 5.92 Å². The number of aromatic nitrogens is 2. The Morgan fingerprint density at radius 3 is 2.47 bits per heavy atom. The van der Waals surface area contributed by atoms with Gasteiger partial charge in [0.15, 0.2) is 0 Å². The second-order valence-electron chi connectivity index (χ2n) is 9.08. The van der Waals surface area contributed by atoms with Crippen molar-refractivity contribution in [3.05, 3.63) is 17.1 Å². The van der Waals surface area contributed by atoms with E-state index in [1.165, 1.54) is 0 Å². The summed E-state index contributed by atoms with van der Waals surface area (Å²) in [6.07, 6.45) is 3.96. The van der Waals surface area contributed by atoms with Crippen LogP contribution in [0.25, 0.3) is 0 Å². The fourth-order valence-electron chi connectivity index (χ4n) is 4.82. The normalized spacial score (nSPS) is 22.8. The first-order valence-corrected chi connectivity index (χ1v) is 11.3. The largest absolute Gasteiger partial charge is 0.373 e. The molecule has 1 aromatic rings. The summed E-state index contributed by atoms with van der Waals surface area (Å²) in [5.41, 5.74) is 2.19. The molecule has 1 atom stereocenters. The predicted octanol–water partition coefficient (Wildman–Crippen LogP) is 1.47. The monoisotopic (exact) mass is 414 g/mol. The molecular formula is C22H34N6O2. The van der Waals surface area contributed by atoms with Gasteiger partial charge in [0.1, 0.15) is 11.6 Å². The van der Waals surface area contributed by atoms with Crippen LogP contribution in [0.5, 0.6) is 0 Å². The summed E-state index contributed by atoms with van der Waals surface area (Å²) >= 11 is 0. The molecule has 0 spiro atoms. The summed E-state index contributed by atoms with van der Waals surface area (Å²) in [7, 11) is 1.89. The summed E-state index contributed by atoms with van der Waals surface area (Å²) < 4.78 is 0. The fourth-order valence-corrected chi connectivity index (χ4v) is 4.82. The van der Waals surface area contributed by atoms with Gasteiger partial charge in [0.2, 0.25) is 11.8 Å². The van der Waals surface area contributed by atoms with E-state index in [1.54, 1.807) is 6.92 Å². The lowest BCUT2D eigenvalue weighted by Gasteiger charge is -2.34. The molecule has 4 rings (SSSR count). The lowest BCUT2D eigenvalue weighted by atomic mass is 9.99. The Labute approximate surface area is 179 Å². The van der Waals surface area contributed by atoms with Gasteiger partial charge in [-0.1, -0.05) is 6.92 Å². The summed E-state index contributed by atoms with van der Waals surface area (Å²) in [6.45, 7) is 9.14. The van der Waals surface area contributed by atoms with Gasteiger partial charge in [-0.2, -0.15) is 0 Å². The van der Waals surface area contributed by atoms with Crippen molar-refractivity contribution in [3.8, 4) is 0 Å². The van der Waals surface area contributed by atoms with Crippen molar-refractivity contribution in [2.45, 2.75) is 52.0 Å². The smallest absolute Gasteiger partial charge is 0.236 e. The van der Waals surface area contributed by atoms with Gasteiger partial charge in [-0.25, -0.2) is 9.97 Å². The third kappa shape index (κ3) is 4.43. The Balaban J connectivity index is 1.43. The Morgan fingerprint density at radius 1 is 1.07 bits per heavy atom. The highest BCUT2D eigenvalue weighted by Crippen LogP contribution is 2.30. The molecule has 30 heavy (non-hydrogen) atoms. The Kier molecular flexibility index (Phi) is 6.22. The average Bonchev–Trinajstić information content (AvgIpc) is 3.24. The Morgan fingerprint density at radius 2 is 1.80 bits per heavy atom. The number of fused-ring (bicyclic) bond motifs is 1. The number of carbonyl (C=O) groups is 2. The van der Waals surface area contributed by atoms with Crippen LogP contribution in [-0.4, -0.2) is 82.8 Å². The maximum absolute atomic E-state index is 12.8. The third-order valence-electron chi connectivity index (χ3n) is 6.89. The van der Waals surface area contributed by atoms with Crippen LogP contribution in [0.15, 0.2) is 0 Å². The van der Waals surface area contributed by atoms with Gasteiger partial charge < -0.3 is 15.1 Å².